The highest BCUT2D eigenvalue weighted by atomic mass is 32.2. The lowest BCUT2D eigenvalue weighted by Gasteiger charge is -2.09. The molecule has 2 rings (SSSR count). The number of hydrogen-bond acceptors (Lipinski definition) is 6. The molecule has 0 amide bonds. The van der Waals surface area contributed by atoms with Gasteiger partial charge in [-0.2, -0.15) is 0 Å². The number of aromatic hydroxyl groups is 1. The normalized spacial score (nSPS) is 12.0. The maximum atomic E-state index is 12.1. The third-order valence-corrected chi connectivity index (χ3v) is 4.65. The van der Waals surface area contributed by atoms with Crippen LogP contribution < -0.4 is 10.7 Å². The molecule has 23 heavy (non-hydrogen) atoms. The number of hydrogen-bond donors (Lipinski definition) is 2. The number of benzene rings is 1. The molecule has 0 fully saturated rings. The zero-order valence-electron chi connectivity index (χ0n) is 12.3. The second-order valence-corrected chi connectivity index (χ2v) is 6.67. The van der Waals surface area contributed by atoms with Crippen molar-refractivity contribution in [1.29, 1.82) is 0 Å². The number of nitrogens with zero attached hydrogens (tertiary/aromatic N) is 3. The largest absolute Gasteiger partial charge is 0.494 e. The molecule has 0 aliphatic carbocycles. The molecule has 0 saturated heterocycles. The van der Waals surface area contributed by atoms with Crippen molar-refractivity contribution in [2.75, 3.05) is 0 Å². The highest BCUT2D eigenvalue weighted by Crippen LogP contribution is 2.16. The summed E-state index contributed by atoms with van der Waals surface area (Å²) in [7, 11) is -0.765. The maximum absolute atomic E-state index is 12.1. The van der Waals surface area contributed by atoms with Crippen molar-refractivity contribution in [2.24, 2.45) is 24.2 Å². The van der Waals surface area contributed by atoms with Gasteiger partial charge in [0.1, 0.15) is 5.56 Å². The molecule has 122 valence electrons. The Bertz CT molecular complexity index is 1000. The van der Waals surface area contributed by atoms with E-state index in [9.17, 15) is 18.3 Å². The van der Waals surface area contributed by atoms with Gasteiger partial charge in [0.2, 0.25) is 15.9 Å². The van der Waals surface area contributed by atoms with Crippen molar-refractivity contribution < 1.29 is 13.5 Å². The number of nitrogens with two attached hydrogens (primary N) is 1. The molecule has 0 bridgehead atoms. The summed E-state index contributed by atoms with van der Waals surface area (Å²) < 4.78 is 25.0. The summed E-state index contributed by atoms with van der Waals surface area (Å²) in [5.74, 6) is -0.303. The summed E-state index contributed by atoms with van der Waals surface area (Å²) in [6, 6.07) is 5.46. The van der Waals surface area contributed by atoms with Crippen LogP contribution in [0.2, 0.25) is 0 Å². The summed E-state index contributed by atoms with van der Waals surface area (Å²) in [6.07, 6.45) is 1.19. The number of sulfonamides is 1. The van der Waals surface area contributed by atoms with Crippen molar-refractivity contribution in [1.82, 2.24) is 9.13 Å². The minimum Gasteiger partial charge on any atom is -0.494 e. The topological polar surface area (TPSA) is 120 Å². The molecule has 0 spiro atoms. The van der Waals surface area contributed by atoms with Crippen molar-refractivity contribution in [3.8, 4) is 5.88 Å². The smallest absolute Gasteiger partial charge is 0.266 e. The minimum absolute atomic E-state index is 0.0286. The molecule has 0 aliphatic heterocycles. The van der Waals surface area contributed by atoms with E-state index in [2.05, 4.69) is 4.99 Å². The Morgan fingerprint density at radius 1 is 1.22 bits per heavy atom. The molecule has 1 aromatic heterocycles. The monoisotopic (exact) mass is 354 g/mol. The molecule has 0 atom stereocenters. The zero-order chi connectivity index (χ0) is 17.4. The van der Waals surface area contributed by atoms with Gasteiger partial charge < -0.3 is 5.11 Å². The van der Waals surface area contributed by atoms with E-state index >= 15 is 0 Å². The van der Waals surface area contributed by atoms with Gasteiger partial charge in [0.05, 0.1) is 10.6 Å². The van der Waals surface area contributed by atoms with Crippen molar-refractivity contribution in [3.05, 3.63) is 45.0 Å². The Kier molecular flexibility index (Phi) is 4.50. The molecule has 0 unspecified atom stereocenters. The fourth-order valence-corrected chi connectivity index (χ4v) is 2.52. The summed E-state index contributed by atoms with van der Waals surface area (Å²) in [5.41, 5.74) is -0.126. The third kappa shape index (κ3) is 3.38. The van der Waals surface area contributed by atoms with Crippen LogP contribution in [0.25, 0.3) is 0 Å². The van der Waals surface area contributed by atoms with E-state index in [1.54, 1.807) is 0 Å². The molecule has 2 aromatic rings. The van der Waals surface area contributed by atoms with Crippen molar-refractivity contribution in [3.63, 3.8) is 0 Å². The molecule has 8 nitrogen and oxygen atoms in total. The van der Waals surface area contributed by atoms with Gasteiger partial charge in [-0.05, 0) is 36.5 Å². The number of primary sulfonamides is 1. The van der Waals surface area contributed by atoms with Crippen LogP contribution in [0.3, 0.4) is 0 Å². The number of aromatic nitrogens is 2. The van der Waals surface area contributed by atoms with Gasteiger partial charge in [0.25, 0.3) is 5.56 Å². The number of aliphatic imine (C=N–C) groups is 1. The highest BCUT2D eigenvalue weighted by molar-refractivity contribution is 7.89. The van der Waals surface area contributed by atoms with Gasteiger partial charge in [-0.3, -0.25) is 18.9 Å². The highest BCUT2D eigenvalue weighted by Gasteiger charge is 2.11. The van der Waals surface area contributed by atoms with E-state index in [4.69, 9.17) is 17.4 Å². The van der Waals surface area contributed by atoms with Crippen LogP contribution in [0.4, 0.5) is 5.69 Å². The van der Waals surface area contributed by atoms with E-state index < -0.39 is 15.6 Å². The summed E-state index contributed by atoms with van der Waals surface area (Å²) >= 11 is 5.01. The Hall–Kier alpha value is -2.30. The third-order valence-electron chi connectivity index (χ3n) is 3.18. The van der Waals surface area contributed by atoms with Crippen molar-refractivity contribution >= 4 is 34.1 Å². The SMILES string of the molecule is Cn1c(O)c(C=Nc2ccc(S(N)(=O)=O)cc2)c(=O)n(C)c1=S. The molecule has 1 heterocycles. The van der Waals surface area contributed by atoms with Gasteiger partial charge in [-0.25, -0.2) is 13.6 Å². The fraction of sp³-hybridized carbons (Fsp3) is 0.154. The summed E-state index contributed by atoms with van der Waals surface area (Å²) in [4.78, 5) is 16.1. The van der Waals surface area contributed by atoms with Gasteiger partial charge in [-0.15, -0.1) is 0 Å². The molecule has 0 saturated carbocycles. The molecule has 10 heteroatoms. The predicted octanol–water partition coefficient (Wildman–Crippen LogP) is 0.557. The van der Waals surface area contributed by atoms with Crippen LogP contribution in [-0.2, 0) is 24.1 Å². The first kappa shape index (κ1) is 17.1. The lowest BCUT2D eigenvalue weighted by Crippen LogP contribution is -2.25. The van der Waals surface area contributed by atoms with E-state index in [-0.39, 0.29) is 21.1 Å². The van der Waals surface area contributed by atoms with Crippen LogP contribution in [0, 0.1) is 4.77 Å². The standard InChI is InChI=1S/C13H14N4O4S2/c1-16-11(18)10(12(19)17(2)13(16)22)7-15-8-3-5-9(6-4-8)23(14,20)21/h3-7,18H,1-2H3,(H2,14,20,21). The van der Waals surface area contributed by atoms with Crippen molar-refractivity contribution in [2.45, 2.75) is 4.90 Å². The van der Waals surface area contributed by atoms with Crippen LogP contribution in [-0.4, -0.2) is 28.9 Å². The van der Waals surface area contributed by atoms with E-state index in [1.807, 2.05) is 0 Å². The molecular weight excluding hydrogens is 340 g/mol. The molecule has 0 radical (unpaired) electrons. The van der Waals surface area contributed by atoms with Gasteiger partial charge >= 0.3 is 0 Å². The molecular formula is C13H14N4O4S2. The zero-order valence-corrected chi connectivity index (χ0v) is 13.9. The Morgan fingerprint density at radius 3 is 2.30 bits per heavy atom. The first-order valence-corrected chi connectivity index (χ1v) is 8.24. The maximum Gasteiger partial charge on any atom is 0.266 e. The quantitative estimate of drug-likeness (QED) is 0.616. The minimum atomic E-state index is -3.78. The van der Waals surface area contributed by atoms with Crippen LogP contribution in [0.15, 0.2) is 38.9 Å². The summed E-state index contributed by atoms with van der Waals surface area (Å²) in [5, 5.41) is 15.0. The lowest BCUT2D eigenvalue weighted by atomic mass is 10.3. The Labute approximate surface area is 137 Å². The van der Waals surface area contributed by atoms with E-state index in [1.165, 1.54) is 53.7 Å². The number of rotatable bonds is 3. The van der Waals surface area contributed by atoms with E-state index in [0.717, 1.165) is 0 Å². The predicted molar refractivity (Wildman–Crippen MR) is 88.2 cm³/mol. The molecule has 0 aliphatic rings. The van der Waals surface area contributed by atoms with Crippen LogP contribution in [0.5, 0.6) is 5.88 Å². The second kappa shape index (κ2) is 6.07. The van der Waals surface area contributed by atoms with Gasteiger partial charge in [0.15, 0.2) is 4.77 Å². The van der Waals surface area contributed by atoms with Gasteiger partial charge in [-0.1, -0.05) is 0 Å². The molecule has 3 N–H and O–H groups in total. The van der Waals surface area contributed by atoms with Gasteiger partial charge in [0, 0.05) is 20.3 Å². The van der Waals surface area contributed by atoms with Crippen LogP contribution >= 0.6 is 12.2 Å². The Balaban J connectivity index is 2.46. The second-order valence-electron chi connectivity index (χ2n) is 4.74. The van der Waals surface area contributed by atoms with E-state index in [0.29, 0.717) is 5.69 Å². The first-order chi connectivity index (χ1) is 10.6. The average molecular weight is 354 g/mol. The first-order valence-electron chi connectivity index (χ1n) is 6.29. The Morgan fingerprint density at radius 2 is 1.78 bits per heavy atom. The summed E-state index contributed by atoms with van der Waals surface area (Å²) in [6.45, 7) is 0. The lowest BCUT2D eigenvalue weighted by molar-refractivity contribution is 0.415. The average Bonchev–Trinajstić information content (AvgIpc) is 2.50. The van der Waals surface area contributed by atoms with Crippen LogP contribution in [0.1, 0.15) is 5.56 Å². The molecule has 1 aromatic carbocycles. The fourth-order valence-electron chi connectivity index (χ4n) is 1.83.